The molecule has 1 heterocycles. The number of carbonyl (C=O) groups is 1. The fraction of sp³-hybridized carbons (Fsp3) is 0.235. The summed E-state index contributed by atoms with van der Waals surface area (Å²) in [6, 6.07) is 15.1. The normalized spacial score (nSPS) is 18.4. The van der Waals surface area contributed by atoms with Crippen LogP contribution in [0.25, 0.3) is 0 Å². The van der Waals surface area contributed by atoms with Crippen molar-refractivity contribution in [3.05, 3.63) is 60.2 Å². The molecule has 1 fully saturated rings. The van der Waals surface area contributed by atoms with Crippen molar-refractivity contribution < 1.29 is 13.2 Å². The molecule has 2 aromatic carbocycles. The van der Waals surface area contributed by atoms with Gasteiger partial charge in [-0.05, 0) is 37.6 Å². The maximum Gasteiger partial charge on any atom is 0.245 e. The Kier molecular flexibility index (Phi) is 4.19. The molecule has 6 heteroatoms. The molecular formula is C17H18N2O3S. The second kappa shape index (κ2) is 6.14. The van der Waals surface area contributed by atoms with Crippen LogP contribution >= 0.6 is 0 Å². The first-order valence-electron chi connectivity index (χ1n) is 7.43. The van der Waals surface area contributed by atoms with E-state index in [2.05, 4.69) is 4.72 Å². The lowest BCUT2D eigenvalue weighted by Crippen LogP contribution is -2.41. The van der Waals surface area contributed by atoms with Gasteiger partial charge in [-0.2, -0.15) is 4.72 Å². The van der Waals surface area contributed by atoms with Gasteiger partial charge in [-0.25, -0.2) is 8.42 Å². The molecular weight excluding hydrogens is 312 g/mol. The zero-order valence-corrected chi connectivity index (χ0v) is 13.6. The third-order valence-electron chi connectivity index (χ3n) is 3.90. The van der Waals surface area contributed by atoms with Crippen LogP contribution in [0.15, 0.2) is 59.5 Å². The molecule has 1 aliphatic rings. The van der Waals surface area contributed by atoms with Crippen molar-refractivity contribution in [2.24, 2.45) is 0 Å². The summed E-state index contributed by atoms with van der Waals surface area (Å²) in [6.45, 7) is 2.39. The smallest absolute Gasteiger partial charge is 0.245 e. The second-order valence-corrected chi connectivity index (χ2v) is 7.32. The number of anilines is 1. The molecule has 120 valence electrons. The minimum absolute atomic E-state index is 0.175. The molecule has 2 aromatic rings. The standard InChI is InChI=1S/C17H18N2O3S/c1-13-7-9-15(10-8-13)23(21,22)18-16-11-12-19(17(16)20)14-5-3-2-4-6-14/h2-10,16,18H,11-12H2,1H3/t16-/m1/s1. The van der Waals surface area contributed by atoms with Crippen molar-refractivity contribution in [1.82, 2.24) is 4.72 Å². The summed E-state index contributed by atoms with van der Waals surface area (Å²) in [4.78, 5) is 14.3. The highest BCUT2D eigenvalue weighted by Crippen LogP contribution is 2.22. The average molecular weight is 330 g/mol. The molecule has 5 nitrogen and oxygen atoms in total. The number of rotatable bonds is 4. The molecule has 0 saturated carbocycles. The Morgan fingerprint density at radius 1 is 1.04 bits per heavy atom. The van der Waals surface area contributed by atoms with Crippen LogP contribution in [0, 0.1) is 6.92 Å². The number of para-hydroxylation sites is 1. The van der Waals surface area contributed by atoms with Crippen LogP contribution in [0.5, 0.6) is 0 Å². The Bertz CT molecular complexity index is 801. The number of nitrogens with one attached hydrogen (secondary N) is 1. The summed E-state index contributed by atoms with van der Waals surface area (Å²) in [5, 5.41) is 0. The summed E-state index contributed by atoms with van der Waals surface area (Å²) < 4.78 is 27.3. The predicted octanol–water partition coefficient (Wildman–Crippen LogP) is 2.08. The van der Waals surface area contributed by atoms with Crippen LogP contribution < -0.4 is 9.62 Å². The largest absolute Gasteiger partial charge is 0.311 e. The minimum Gasteiger partial charge on any atom is -0.311 e. The molecule has 1 atom stereocenters. The number of hydrogen-bond donors (Lipinski definition) is 1. The van der Waals surface area contributed by atoms with E-state index in [1.54, 1.807) is 29.2 Å². The maximum absolute atomic E-state index is 12.5. The van der Waals surface area contributed by atoms with Gasteiger partial charge in [0.15, 0.2) is 0 Å². The summed E-state index contributed by atoms with van der Waals surface area (Å²) in [5.74, 6) is -0.216. The first kappa shape index (κ1) is 15.7. The van der Waals surface area contributed by atoms with Gasteiger partial charge in [0.05, 0.1) is 4.90 Å². The first-order chi connectivity index (χ1) is 11.0. The number of benzene rings is 2. The van der Waals surface area contributed by atoms with E-state index in [-0.39, 0.29) is 10.8 Å². The van der Waals surface area contributed by atoms with Gasteiger partial charge < -0.3 is 4.90 Å². The van der Waals surface area contributed by atoms with E-state index in [0.717, 1.165) is 11.3 Å². The van der Waals surface area contributed by atoms with Gasteiger partial charge >= 0.3 is 0 Å². The lowest BCUT2D eigenvalue weighted by molar-refractivity contribution is -0.118. The lowest BCUT2D eigenvalue weighted by atomic mass is 10.2. The highest BCUT2D eigenvalue weighted by atomic mass is 32.2. The number of aryl methyl sites for hydroxylation is 1. The summed E-state index contributed by atoms with van der Waals surface area (Å²) in [7, 11) is -3.70. The Hall–Kier alpha value is -2.18. The van der Waals surface area contributed by atoms with Crippen molar-refractivity contribution >= 4 is 21.6 Å². The van der Waals surface area contributed by atoms with Crippen molar-refractivity contribution in [3.8, 4) is 0 Å². The third kappa shape index (κ3) is 3.28. The molecule has 0 radical (unpaired) electrons. The van der Waals surface area contributed by atoms with Gasteiger partial charge in [0, 0.05) is 12.2 Å². The SMILES string of the molecule is Cc1ccc(S(=O)(=O)N[C@@H]2CCN(c3ccccc3)C2=O)cc1. The average Bonchev–Trinajstić information content (AvgIpc) is 2.89. The van der Waals surface area contributed by atoms with E-state index in [4.69, 9.17) is 0 Å². The van der Waals surface area contributed by atoms with Crippen LogP contribution in [-0.2, 0) is 14.8 Å². The highest BCUT2D eigenvalue weighted by molar-refractivity contribution is 7.89. The molecule has 0 unspecified atom stereocenters. The van der Waals surface area contributed by atoms with E-state index in [9.17, 15) is 13.2 Å². The third-order valence-corrected chi connectivity index (χ3v) is 5.39. The van der Waals surface area contributed by atoms with Crippen LogP contribution in [0.4, 0.5) is 5.69 Å². The van der Waals surface area contributed by atoms with Crippen LogP contribution in [0.3, 0.4) is 0 Å². The summed E-state index contributed by atoms with van der Waals surface area (Å²) in [5.41, 5.74) is 1.77. The predicted molar refractivity (Wildman–Crippen MR) is 88.7 cm³/mol. The summed E-state index contributed by atoms with van der Waals surface area (Å²) in [6.07, 6.45) is 0.457. The van der Waals surface area contributed by atoms with E-state index in [0.29, 0.717) is 13.0 Å². The highest BCUT2D eigenvalue weighted by Gasteiger charge is 2.35. The second-order valence-electron chi connectivity index (χ2n) is 5.60. The van der Waals surface area contributed by atoms with Gasteiger partial charge in [-0.15, -0.1) is 0 Å². The summed E-state index contributed by atoms with van der Waals surface area (Å²) >= 11 is 0. The zero-order valence-electron chi connectivity index (χ0n) is 12.8. The van der Waals surface area contributed by atoms with E-state index in [1.807, 2.05) is 37.3 Å². The number of sulfonamides is 1. The number of amides is 1. The molecule has 0 aliphatic carbocycles. The Labute approximate surface area is 136 Å². The minimum atomic E-state index is -3.70. The van der Waals surface area contributed by atoms with Crippen molar-refractivity contribution in [2.75, 3.05) is 11.4 Å². The van der Waals surface area contributed by atoms with Crippen molar-refractivity contribution in [2.45, 2.75) is 24.3 Å². The van der Waals surface area contributed by atoms with Gasteiger partial charge in [-0.1, -0.05) is 35.9 Å². The topological polar surface area (TPSA) is 66.5 Å². The number of carbonyl (C=O) groups excluding carboxylic acids is 1. The Morgan fingerprint density at radius 3 is 2.35 bits per heavy atom. The zero-order chi connectivity index (χ0) is 16.4. The molecule has 1 aliphatic heterocycles. The van der Waals surface area contributed by atoms with Crippen LogP contribution in [0.2, 0.25) is 0 Å². The molecule has 23 heavy (non-hydrogen) atoms. The number of hydrogen-bond acceptors (Lipinski definition) is 3. The monoisotopic (exact) mass is 330 g/mol. The van der Waals surface area contributed by atoms with Crippen LogP contribution in [-0.4, -0.2) is 26.9 Å². The Morgan fingerprint density at radius 2 is 1.70 bits per heavy atom. The molecule has 1 saturated heterocycles. The van der Waals surface area contributed by atoms with E-state index < -0.39 is 16.1 Å². The van der Waals surface area contributed by atoms with Gasteiger partial charge in [0.25, 0.3) is 0 Å². The fourth-order valence-electron chi connectivity index (χ4n) is 2.63. The lowest BCUT2D eigenvalue weighted by Gasteiger charge is -2.17. The maximum atomic E-state index is 12.5. The fourth-order valence-corrected chi connectivity index (χ4v) is 3.85. The Balaban J connectivity index is 1.76. The molecule has 0 spiro atoms. The van der Waals surface area contributed by atoms with E-state index in [1.165, 1.54) is 0 Å². The quantitative estimate of drug-likeness (QED) is 0.933. The van der Waals surface area contributed by atoms with E-state index >= 15 is 0 Å². The van der Waals surface area contributed by atoms with Crippen molar-refractivity contribution in [3.63, 3.8) is 0 Å². The molecule has 0 bridgehead atoms. The number of nitrogens with zero attached hydrogens (tertiary/aromatic N) is 1. The van der Waals surface area contributed by atoms with Gasteiger partial charge in [0.1, 0.15) is 6.04 Å². The first-order valence-corrected chi connectivity index (χ1v) is 8.91. The molecule has 3 rings (SSSR count). The van der Waals surface area contributed by atoms with Crippen molar-refractivity contribution in [1.29, 1.82) is 0 Å². The van der Waals surface area contributed by atoms with Crippen LogP contribution in [0.1, 0.15) is 12.0 Å². The van der Waals surface area contributed by atoms with Gasteiger partial charge in [0.2, 0.25) is 15.9 Å². The molecule has 1 N–H and O–H groups in total. The molecule has 0 aromatic heterocycles. The molecule has 1 amide bonds. The van der Waals surface area contributed by atoms with Gasteiger partial charge in [-0.3, -0.25) is 4.79 Å².